The van der Waals surface area contributed by atoms with Gasteiger partial charge in [0.25, 0.3) is 0 Å². The van der Waals surface area contributed by atoms with Crippen molar-refractivity contribution in [2.75, 3.05) is 13.7 Å². The van der Waals surface area contributed by atoms with Crippen molar-refractivity contribution in [1.29, 1.82) is 0 Å². The van der Waals surface area contributed by atoms with E-state index < -0.39 is 24.0 Å². The number of aryl methyl sites for hydroxylation is 3. The molecule has 0 heterocycles. The second-order valence-electron chi connectivity index (χ2n) is 10.4. The molecule has 0 aliphatic heterocycles. The van der Waals surface area contributed by atoms with Crippen molar-refractivity contribution >= 4 is 10.8 Å². The third-order valence-corrected chi connectivity index (χ3v) is 7.81. The topological polar surface area (TPSA) is 18.5 Å². The van der Waals surface area contributed by atoms with Gasteiger partial charge in [-0.3, -0.25) is 0 Å². The summed E-state index contributed by atoms with van der Waals surface area (Å²) in [6, 6.07) is 11.3. The van der Waals surface area contributed by atoms with Crippen molar-refractivity contribution in [1.82, 2.24) is 0 Å². The largest absolute Gasteiger partial charge is 0.429 e. The van der Waals surface area contributed by atoms with E-state index in [0.29, 0.717) is 10.9 Å². The SMILES string of the molecule is COCCCC1CCC(CCc2ccc3c(F)c(CCc4cc(F)c(OC(F)F)c(F)c4)ccc3c2)CC1. The van der Waals surface area contributed by atoms with Gasteiger partial charge in [0.05, 0.1) is 0 Å². The first-order chi connectivity index (χ1) is 18.3. The van der Waals surface area contributed by atoms with Crippen LogP contribution < -0.4 is 4.74 Å². The first kappa shape index (κ1) is 28.3. The smallest absolute Gasteiger partial charge is 0.387 e. The van der Waals surface area contributed by atoms with Crippen molar-refractivity contribution in [3.8, 4) is 5.75 Å². The first-order valence-corrected chi connectivity index (χ1v) is 13.5. The molecule has 38 heavy (non-hydrogen) atoms. The van der Waals surface area contributed by atoms with E-state index >= 15 is 4.39 Å². The van der Waals surface area contributed by atoms with Gasteiger partial charge in [-0.1, -0.05) is 56.0 Å². The molecule has 0 aromatic heterocycles. The van der Waals surface area contributed by atoms with Gasteiger partial charge in [-0.05, 0) is 84.6 Å². The normalized spacial score (nSPS) is 17.9. The highest BCUT2D eigenvalue weighted by Gasteiger charge is 2.21. The first-order valence-electron chi connectivity index (χ1n) is 13.5. The second kappa shape index (κ2) is 13.4. The fourth-order valence-corrected chi connectivity index (χ4v) is 5.67. The predicted molar refractivity (Wildman–Crippen MR) is 139 cm³/mol. The lowest BCUT2D eigenvalue weighted by molar-refractivity contribution is -0.0546. The molecule has 0 N–H and O–H groups in total. The van der Waals surface area contributed by atoms with Gasteiger partial charge in [-0.25, -0.2) is 13.2 Å². The highest BCUT2D eigenvalue weighted by molar-refractivity contribution is 5.84. The highest BCUT2D eigenvalue weighted by atomic mass is 19.3. The molecule has 1 aliphatic carbocycles. The summed E-state index contributed by atoms with van der Waals surface area (Å²) in [5, 5.41) is 1.34. The molecular weight excluding hydrogens is 499 g/mol. The summed E-state index contributed by atoms with van der Waals surface area (Å²) in [5.74, 6) is -2.30. The summed E-state index contributed by atoms with van der Waals surface area (Å²) in [7, 11) is 1.75. The Balaban J connectivity index is 1.33. The molecule has 1 fully saturated rings. The van der Waals surface area contributed by atoms with Crippen LogP contribution in [-0.2, 0) is 24.0 Å². The third kappa shape index (κ3) is 7.46. The molecule has 0 radical (unpaired) electrons. The quantitative estimate of drug-likeness (QED) is 0.171. The van der Waals surface area contributed by atoms with Crippen molar-refractivity contribution in [2.45, 2.75) is 70.8 Å². The molecular formula is C31H35F5O2. The molecule has 3 aromatic rings. The maximum absolute atomic E-state index is 15.2. The molecule has 0 bridgehead atoms. The average Bonchev–Trinajstić information content (AvgIpc) is 2.90. The maximum Gasteiger partial charge on any atom is 0.387 e. The van der Waals surface area contributed by atoms with Crippen LogP contribution in [0.5, 0.6) is 5.75 Å². The molecule has 3 aromatic carbocycles. The number of halogens is 5. The van der Waals surface area contributed by atoms with Crippen LogP contribution in [0.2, 0.25) is 0 Å². The Morgan fingerprint density at radius 3 is 2.13 bits per heavy atom. The van der Waals surface area contributed by atoms with E-state index in [-0.39, 0.29) is 24.2 Å². The lowest BCUT2D eigenvalue weighted by Gasteiger charge is -2.28. The highest BCUT2D eigenvalue weighted by Crippen LogP contribution is 2.34. The van der Waals surface area contributed by atoms with Crippen LogP contribution in [-0.4, -0.2) is 20.3 Å². The minimum absolute atomic E-state index is 0.151. The fraction of sp³-hybridized carbons (Fsp3) is 0.484. The average molecular weight is 535 g/mol. The molecule has 4 rings (SSSR count). The van der Waals surface area contributed by atoms with Crippen LogP contribution in [0.3, 0.4) is 0 Å². The minimum atomic E-state index is -3.33. The van der Waals surface area contributed by atoms with Crippen molar-refractivity contribution in [3.05, 3.63) is 76.6 Å². The summed E-state index contributed by atoms with van der Waals surface area (Å²) >= 11 is 0. The van der Waals surface area contributed by atoms with Crippen LogP contribution in [0.4, 0.5) is 22.0 Å². The molecule has 1 aliphatic rings. The summed E-state index contributed by atoms with van der Waals surface area (Å²) in [5.41, 5.74) is 1.87. The van der Waals surface area contributed by atoms with Crippen molar-refractivity contribution in [3.63, 3.8) is 0 Å². The van der Waals surface area contributed by atoms with Gasteiger partial charge in [0.1, 0.15) is 5.82 Å². The molecule has 1 saturated carbocycles. The zero-order valence-electron chi connectivity index (χ0n) is 21.8. The molecule has 0 spiro atoms. The van der Waals surface area contributed by atoms with Crippen molar-refractivity contribution < 1.29 is 31.4 Å². The van der Waals surface area contributed by atoms with Crippen LogP contribution in [0.15, 0.2) is 42.5 Å². The Bertz CT molecular complexity index is 1180. The molecule has 7 heteroatoms. The summed E-state index contributed by atoms with van der Waals surface area (Å²) in [4.78, 5) is 0. The van der Waals surface area contributed by atoms with E-state index in [9.17, 15) is 17.6 Å². The number of hydrogen-bond acceptors (Lipinski definition) is 2. The maximum atomic E-state index is 15.2. The molecule has 0 unspecified atom stereocenters. The Kier molecular flexibility index (Phi) is 10.0. The molecule has 206 valence electrons. The zero-order chi connectivity index (χ0) is 27.1. The van der Waals surface area contributed by atoms with Gasteiger partial charge in [0.2, 0.25) is 0 Å². The van der Waals surface area contributed by atoms with Gasteiger partial charge < -0.3 is 9.47 Å². The third-order valence-electron chi connectivity index (χ3n) is 7.81. The van der Waals surface area contributed by atoms with Crippen LogP contribution in [0, 0.1) is 29.3 Å². The van der Waals surface area contributed by atoms with Gasteiger partial charge in [0, 0.05) is 19.1 Å². The van der Waals surface area contributed by atoms with Crippen LogP contribution >= 0.6 is 0 Å². The molecule has 0 saturated heterocycles. The second-order valence-corrected chi connectivity index (χ2v) is 10.4. The van der Waals surface area contributed by atoms with Gasteiger partial charge in [-0.2, -0.15) is 8.78 Å². The zero-order valence-corrected chi connectivity index (χ0v) is 21.8. The summed E-state index contributed by atoms with van der Waals surface area (Å²) in [6.07, 6.45) is 10.0. The lowest BCUT2D eigenvalue weighted by atomic mass is 9.78. The van der Waals surface area contributed by atoms with Crippen LogP contribution in [0.1, 0.15) is 61.6 Å². The lowest BCUT2D eigenvalue weighted by Crippen LogP contribution is -2.15. The van der Waals surface area contributed by atoms with Gasteiger partial charge in [-0.15, -0.1) is 0 Å². The van der Waals surface area contributed by atoms with E-state index in [2.05, 4.69) is 4.74 Å². The number of rotatable bonds is 12. The van der Waals surface area contributed by atoms with E-state index in [1.807, 2.05) is 24.3 Å². The summed E-state index contributed by atoms with van der Waals surface area (Å²) < 4.78 is 77.0. The fourth-order valence-electron chi connectivity index (χ4n) is 5.67. The van der Waals surface area contributed by atoms with Gasteiger partial charge >= 0.3 is 6.61 Å². The Hall–Kier alpha value is -2.67. The Labute approximate surface area is 221 Å². The molecule has 2 nitrogen and oxygen atoms in total. The minimum Gasteiger partial charge on any atom is -0.429 e. The Morgan fingerprint density at radius 2 is 1.47 bits per heavy atom. The van der Waals surface area contributed by atoms with E-state index in [1.54, 1.807) is 13.2 Å². The molecule has 0 atom stereocenters. The number of hydrogen-bond donors (Lipinski definition) is 0. The predicted octanol–water partition coefficient (Wildman–Crippen LogP) is 8.81. The standard InChI is InChI=1S/C31H35F5O2/c1-37-16-2-3-20-4-6-21(7-5-20)8-9-22-11-15-26-25(17-22)14-13-24(29(26)34)12-10-23-18-27(32)30(28(33)19-23)38-31(35)36/h11,13-15,17-21,31H,2-10,12,16H2,1H3. The van der Waals surface area contributed by atoms with E-state index in [1.165, 1.54) is 37.7 Å². The molecule has 0 amide bonds. The number of fused-ring (bicyclic) bond motifs is 1. The monoisotopic (exact) mass is 534 g/mol. The number of methoxy groups -OCH3 is 1. The van der Waals surface area contributed by atoms with Crippen LogP contribution in [0.25, 0.3) is 10.8 Å². The Morgan fingerprint density at radius 1 is 0.789 bits per heavy atom. The van der Waals surface area contributed by atoms with E-state index in [4.69, 9.17) is 4.74 Å². The number of benzene rings is 3. The van der Waals surface area contributed by atoms with Crippen molar-refractivity contribution in [2.24, 2.45) is 11.8 Å². The number of alkyl halides is 2. The van der Waals surface area contributed by atoms with E-state index in [0.717, 1.165) is 55.2 Å². The summed E-state index contributed by atoms with van der Waals surface area (Å²) in [6.45, 7) is -2.48. The number of ether oxygens (including phenoxy) is 2. The van der Waals surface area contributed by atoms with Gasteiger partial charge in [0.15, 0.2) is 17.4 Å².